The summed E-state index contributed by atoms with van der Waals surface area (Å²) in [5.41, 5.74) is 2.65. The molecule has 0 unspecified atom stereocenters. The summed E-state index contributed by atoms with van der Waals surface area (Å²) >= 11 is 0. The molecule has 0 atom stereocenters. The number of hydrazone groups is 1. The second-order valence-corrected chi connectivity index (χ2v) is 6.01. The lowest BCUT2D eigenvalue weighted by Gasteiger charge is -2.35. The minimum absolute atomic E-state index is 0.141. The van der Waals surface area contributed by atoms with Crippen molar-refractivity contribution < 1.29 is 23.5 Å². The van der Waals surface area contributed by atoms with Gasteiger partial charge in [0.2, 0.25) is 5.91 Å². The van der Waals surface area contributed by atoms with Crippen molar-refractivity contribution in [2.75, 3.05) is 32.8 Å². The molecular formula is C17H19FN4O4. The molecule has 0 spiro atoms. The highest BCUT2D eigenvalue weighted by Gasteiger charge is 2.28. The van der Waals surface area contributed by atoms with Gasteiger partial charge in [0.1, 0.15) is 17.3 Å². The van der Waals surface area contributed by atoms with Gasteiger partial charge in [0, 0.05) is 39.0 Å². The second kappa shape index (κ2) is 7.94. The Morgan fingerprint density at radius 3 is 2.35 bits per heavy atom. The maximum absolute atomic E-state index is 12.8. The van der Waals surface area contributed by atoms with Crippen molar-refractivity contribution in [2.45, 2.75) is 12.8 Å². The summed E-state index contributed by atoms with van der Waals surface area (Å²) in [5.74, 6) is -0.543. The predicted octanol–water partition coefficient (Wildman–Crippen LogP) is 0.141. The second-order valence-electron chi connectivity index (χ2n) is 6.01. The summed E-state index contributed by atoms with van der Waals surface area (Å²) in [6, 6.07) is 5.45. The van der Waals surface area contributed by atoms with E-state index in [4.69, 9.17) is 4.74 Å². The van der Waals surface area contributed by atoms with Crippen molar-refractivity contribution >= 4 is 23.4 Å². The number of benzene rings is 1. The summed E-state index contributed by atoms with van der Waals surface area (Å²) in [5, 5.41) is 3.81. The molecule has 3 rings (SSSR count). The number of halogens is 1. The molecule has 26 heavy (non-hydrogen) atoms. The standard InChI is InChI=1S/C17H19FN4O4/c18-12-1-3-13(4-2-12)26-11-16(24)21-7-9-22(10-8-21)17(25)14-5-6-15(23)20-19-14/h1-4H,5-11H2,(H,20,23). The highest BCUT2D eigenvalue weighted by atomic mass is 19.1. The molecule has 0 aromatic heterocycles. The third-order valence-electron chi connectivity index (χ3n) is 4.25. The number of carbonyl (C=O) groups excluding carboxylic acids is 3. The highest BCUT2D eigenvalue weighted by molar-refractivity contribution is 6.39. The van der Waals surface area contributed by atoms with Gasteiger partial charge in [-0.2, -0.15) is 5.10 Å². The molecule has 1 fully saturated rings. The smallest absolute Gasteiger partial charge is 0.270 e. The molecule has 0 aliphatic carbocycles. The average Bonchev–Trinajstić information content (AvgIpc) is 2.67. The van der Waals surface area contributed by atoms with Crippen molar-refractivity contribution in [3.63, 3.8) is 0 Å². The first kappa shape index (κ1) is 17.8. The molecule has 1 aromatic rings. The number of carbonyl (C=O) groups is 3. The minimum atomic E-state index is -0.369. The fourth-order valence-corrected chi connectivity index (χ4v) is 2.74. The lowest BCUT2D eigenvalue weighted by atomic mass is 10.1. The van der Waals surface area contributed by atoms with Gasteiger partial charge in [0.05, 0.1) is 0 Å². The Kier molecular flexibility index (Phi) is 5.45. The Morgan fingerprint density at radius 1 is 1.08 bits per heavy atom. The van der Waals surface area contributed by atoms with E-state index >= 15 is 0 Å². The van der Waals surface area contributed by atoms with Gasteiger partial charge in [-0.15, -0.1) is 0 Å². The number of rotatable bonds is 4. The van der Waals surface area contributed by atoms with Gasteiger partial charge >= 0.3 is 0 Å². The largest absolute Gasteiger partial charge is 0.484 e. The highest BCUT2D eigenvalue weighted by Crippen LogP contribution is 2.12. The van der Waals surface area contributed by atoms with Crippen LogP contribution in [0.15, 0.2) is 29.4 Å². The first-order valence-electron chi connectivity index (χ1n) is 8.34. The third-order valence-corrected chi connectivity index (χ3v) is 4.25. The first-order chi connectivity index (χ1) is 12.5. The predicted molar refractivity (Wildman–Crippen MR) is 89.9 cm³/mol. The maximum atomic E-state index is 12.8. The van der Waals surface area contributed by atoms with E-state index in [1.54, 1.807) is 9.80 Å². The number of nitrogens with one attached hydrogen (secondary N) is 1. The van der Waals surface area contributed by atoms with E-state index in [-0.39, 0.29) is 36.6 Å². The van der Waals surface area contributed by atoms with Gasteiger partial charge in [0.15, 0.2) is 6.61 Å². The summed E-state index contributed by atoms with van der Waals surface area (Å²) in [6.07, 6.45) is 0.582. The van der Waals surface area contributed by atoms with Crippen LogP contribution < -0.4 is 10.2 Å². The van der Waals surface area contributed by atoms with Crippen LogP contribution >= 0.6 is 0 Å². The Labute approximate surface area is 149 Å². The molecule has 2 aliphatic rings. The normalized spacial score (nSPS) is 17.4. The number of piperazine rings is 1. The van der Waals surface area contributed by atoms with Crippen LogP contribution in [-0.2, 0) is 14.4 Å². The summed E-state index contributed by atoms with van der Waals surface area (Å²) in [6.45, 7) is 1.45. The first-order valence-corrected chi connectivity index (χ1v) is 8.34. The quantitative estimate of drug-likeness (QED) is 0.825. The monoisotopic (exact) mass is 362 g/mol. The van der Waals surface area contributed by atoms with Crippen LogP contribution in [-0.4, -0.2) is 66.0 Å². The van der Waals surface area contributed by atoms with Gasteiger partial charge in [-0.3, -0.25) is 14.4 Å². The average molecular weight is 362 g/mol. The van der Waals surface area contributed by atoms with Crippen molar-refractivity contribution in [2.24, 2.45) is 5.10 Å². The number of nitrogens with zero attached hydrogens (tertiary/aromatic N) is 3. The molecule has 1 aromatic carbocycles. The molecule has 2 aliphatic heterocycles. The topological polar surface area (TPSA) is 91.3 Å². The van der Waals surface area contributed by atoms with Crippen LogP contribution in [0, 0.1) is 5.82 Å². The van der Waals surface area contributed by atoms with E-state index in [0.717, 1.165) is 0 Å². The van der Waals surface area contributed by atoms with Crippen molar-refractivity contribution in [1.82, 2.24) is 15.2 Å². The maximum Gasteiger partial charge on any atom is 0.270 e. The zero-order chi connectivity index (χ0) is 18.5. The molecule has 1 N–H and O–H groups in total. The fourth-order valence-electron chi connectivity index (χ4n) is 2.74. The molecule has 2 heterocycles. The molecule has 0 radical (unpaired) electrons. The number of ether oxygens (including phenoxy) is 1. The van der Waals surface area contributed by atoms with Crippen molar-refractivity contribution in [3.05, 3.63) is 30.1 Å². The number of amides is 3. The van der Waals surface area contributed by atoms with Crippen molar-refractivity contribution in [1.29, 1.82) is 0 Å². The molecule has 0 bridgehead atoms. The van der Waals surface area contributed by atoms with Gasteiger partial charge in [0.25, 0.3) is 11.8 Å². The number of hydrogen-bond donors (Lipinski definition) is 1. The summed E-state index contributed by atoms with van der Waals surface area (Å²) < 4.78 is 18.2. The van der Waals surface area contributed by atoms with Crippen LogP contribution in [0.2, 0.25) is 0 Å². The Balaban J connectivity index is 1.45. The summed E-state index contributed by atoms with van der Waals surface area (Å²) in [7, 11) is 0. The van der Waals surface area contributed by atoms with Crippen LogP contribution in [0.5, 0.6) is 5.75 Å². The lowest BCUT2D eigenvalue weighted by molar-refractivity contribution is -0.138. The molecule has 3 amide bonds. The Morgan fingerprint density at radius 2 is 1.73 bits per heavy atom. The van der Waals surface area contributed by atoms with Crippen LogP contribution in [0.25, 0.3) is 0 Å². The fraction of sp³-hybridized carbons (Fsp3) is 0.412. The molecule has 0 saturated carbocycles. The van der Waals surface area contributed by atoms with Gasteiger partial charge < -0.3 is 14.5 Å². The van der Waals surface area contributed by atoms with Gasteiger partial charge in [-0.25, -0.2) is 9.82 Å². The van der Waals surface area contributed by atoms with Crippen molar-refractivity contribution in [3.8, 4) is 5.75 Å². The van der Waals surface area contributed by atoms with E-state index in [1.165, 1.54) is 24.3 Å². The van der Waals surface area contributed by atoms with Crippen LogP contribution in [0.3, 0.4) is 0 Å². The molecular weight excluding hydrogens is 343 g/mol. The molecule has 9 heteroatoms. The molecule has 8 nitrogen and oxygen atoms in total. The van der Waals surface area contributed by atoms with Gasteiger partial charge in [-0.1, -0.05) is 0 Å². The zero-order valence-corrected chi connectivity index (χ0v) is 14.1. The van der Waals surface area contributed by atoms with E-state index < -0.39 is 0 Å². The Bertz CT molecular complexity index is 727. The third kappa shape index (κ3) is 4.35. The van der Waals surface area contributed by atoms with Gasteiger partial charge in [-0.05, 0) is 24.3 Å². The van der Waals surface area contributed by atoms with E-state index in [9.17, 15) is 18.8 Å². The summed E-state index contributed by atoms with van der Waals surface area (Å²) in [4.78, 5) is 38.9. The molecule has 138 valence electrons. The molecule has 1 saturated heterocycles. The zero-order valence-electron chi connectivity index (χ0n) is 14.1. The van der Waals surface area contributed by atoms with Crippen LogP contribution in [0.4, 0.5) is 4.39 Å². The Hall–Kier alpha value is -2.97. The number of hydrogen-bond acceptors (Lipinski definition) is 5. The van der Waals surface area contributed by atoms with E-state index in [0.29, 0.717) is 44.1 Å². The van der Waals surface area contributed by atoms with E-state index in [2.05, 4.69) is 10.5 Å². The minimum Gasteiger partial charge on any atom is -0.484 e. The van der Waals surface area contributed by atoms with Crippen LogP contribution in [0.1, 0.15) is 12.8 Å². The lowest BCUT2D eigenvalue weighted by Crippen LogP contribution is -2.53. The SMILES string of the molecule is O=C1CCC(C(=O)N2CCN(C(=O)COc3ccc(F)cc3)CC2)=NN1. The van der Waals surface area contributed by atoms with E-state index in [1.807, 2.05) is 0 Å².